The molecule has 66 valence electrons. The van der Waals surface area contributed by atoms with E-state index >= 15 is 0 Å². The normalized spacial score (nSPS) is 28.3. The second-order valence-electron chi connectivity index (χ2n) is 2.70. The van der Waals surface area contributed by atoms with Crippen LogP contribution in [-0.2, 0) is 4.79 Å². The highest BCUT2D eigenvalue weighted by molar-refractivity contribution is 9.12. The third-order valence-corrected chi connectivity index (χ3v) is 4.25. The van der Waals surface area contributed by atoms with Crippen LogP contribution in [0.1, 0.15) is 6.42 Å². The topological polar surface area (TPSA) is 37.3 Å². The monoisotopic (exact) mass is 294 g/mol. The van der Waals surface area contributed by atoms with E-state index in [1.54, 1.807) is 12.2 Å². The molecule has 1 rings (SSSR count). The van der Waals surface area contributed by atoms with Gasteiger partial charge in [0.15, 0.2) is 0 Å². The van der Waals surface area contributed by atoms with E-state index in [1.807, 2.05) is 6.08 Å². The van der Waals surface area contributed by atoms with Crippen molar-refractivity contribution in [1.82, 2.24) is 0 Å². The summed E-state index contributed by atoms with van der Waals surface area (Å²) in [4.78, 5) is 10.6. The summed E-state index contributed by atoms with van der Waals surface area (Å²) in [6.45, 7) is 0. The Kier molecular flexibility index (Phi) is 3.12. The van der Waals surface area contributed by atoms with Gasteiger partial charge < -0.3 is 5.11 Å². The van der Waals surface area contributed by atoms with Gasteiger partial charge in [0.05, 0.1) is 4.32 Å². The zero-order valence-corrected chi connectivity index (χ0v) is 9.43. The van der Waals surface area contributed by atoms with E-state index in [0.717, 1.165) is 0 Å². The van der Waals surface area contributed by atoms with Gasteiger partial charge >= 0.3 is 5.97 Å². The summed E-state index contributed by atoms with van der Waals surface area (Å²) in [5, 5.41) is 9.44. The highest BCUT2D eigenvalue weighted by Crippen LogP contribution is 2.33. The molecule has 1 N–H and O–H groups in total. The van der Waals surface area contributed by atoms with Gasteiger partial charge in [-0.2, -0.15) is 0 Å². The Balaban J connectivity index is 2.80. The van der Waals surface area contributed by atoms with E-state index < -0.39 is 5.97 Å². The van der Waals surface area contributed by atoms with Crippen LogP contribution in [0.2, 0.25) is 0 Å². The van der Waals surface area contributed by atoms with Gasteiger partial charge in [-0.05, 0) is 6.42 Å². The van der Waals surface area contributed by atoms with E-state index in [0.29, 0.717) is 17.3 Å². The Morgan fingerprint density at radius 1 is 1.75 bits per heavy atom. The van der Waals surface area contributed by atoms with Gasteiger partial charge in [0.25, 0.3) is 0 Å². The summed E-state index contributed by atoms with van der Waals surface area (Å²) >= 11 is 6.79. The van der Waals surface area contributed by atoms with Crippen LogP contribution in [0.5, 0.6) is 0 Å². The van der Waals surface area contributed by atoms with Gasteiger partial charge in [-0.3, -0.25) is 0 Å². The summed E-state index contributed by atoms with van der Waals surface area (Å²) in [7, 11) is 0. The number of hydrogen-bond acceptors (Lipinski definition) is 1. The Bertz CT molecular complexity index is 258. The van der Waals surface area contributed by atoms with Crippen molar-refractivity contribution < 1.29 is 9.90 Å². The fraction of sp³-hybridized carbons (Fsp3) is 0.375. The molecule has 0 fully saturated rings. The third-order valence-electron chi connectivity index (χ3n) is 1.67. The lowest BCUT2D eigenvalue weighted by Crippen LogP contribution is -2.24. The molecule has 0 aromatic rings. The van der Waals surface area contributed by atoms with Crippen molar-refractivity contribution >= 4 is 37.8 Å². The summed E-state index contributed by atoms with van der Waals surface area (Å²) in [5.41, 5.74) is 0.439. The molecular formula is C8H8Br2O2. The Labute approximate surface area is 87.6 Å². The molecule has 0 bridgehead atoms. The standard InChI is InChI=1S/C8H8Br2O2/c9-5-8(10)3-1-2-6(4-8)7(11)12/h1-3H,4-5H2,(H,11,12). The molecule has 1 unspecified atom stereocenters. The SMILES string of the molecule is O=C(O)C1=CC=CC(Br)(CBr)C1. The van der Waals surface area contributed by atoms with Crippen LogP contribution >= 0.6 is 31.9 Å². The number of carboxylic acid groups (broad SMARTS) is 1. The molecule has 1 aliphatic carbocycles. The van der Waals surface area contributed by atoms with Gasteiger partial charge in [0.2, 0.25) is 0 Å². The fourth-order valence-corrected chi connectivity index (χ4v) is 1.85. The predicted molar refractivity (Wildman–Crippen MR) is 54.9 cm³/mol. The minimum atomic E-state index is -0.843. The van der Waals surface area contributed by atoms with Crippen molar-refractivity contribution in [3.05, 3.63) is 23.8 Å². The van der Waals surface area contributed by atoms with Crippen LogP contribution in [0.15, 0.2) is 23.8 Å². The smallest absolute Gasteiger partial charge is 0.331 e. The van der Waals surface area contributed by atoms with Crippen LogP contribution in [0, 0.1) is 0 Å². The Morgan fingerprint density at radius 2 is 2.42 bits per heavy atom. The number of halogens is 2. The van der Waals surface area contributed by atoms with Crippen LogP contribution in [0.3, 0.4) is 0 Å². The molecule has 0 spiro atoms. The molecule has 0 saturated carbocycles. The second-order valence-corrected chi connectivity index (χ2v) is 4.84. The molecule has 0 aromatic heterocycles. The maximum Gasteiger partial charge on any atom is 0.331 e. The molecule has 1 aliphatic rings. The molecule has 0 aliphatic heterocycles. The Hall–Kier alpha value is -0.0900. The van der Waals surface area contributed by atoms with Crippen molar-refractivity contribution in [3.63, 3.8) is 0 Å². The highest BCUT2D eigenvalue weighted by atomic mass is 79.9. The lowest BCUT2D eigenvalue weighted by Gasteiger charge is -2.23. The minimum Gasteiger partial charge on any atom is -0.478 e. The predicted octanol–water partition coefficient (Wildman–Crippen LogP) is 2.49. The van der Waals surface area contributed by atoms with E-state index in [1.165, 1.54) is 0 Å². The van der Waals surface area contributed by atoms with Gasteiger partial charge in [-0.25, -0.2) is 4.79 Å². The van der Waals surface area contributed by atoms with Crippen molar-refractivity contribution in [2.24, 2.45) is 0 Å². The summed E-state index contributed by atoms with van der Waals surface area (Å²) in [6, 6.07) is 0. The first-order valence-corrected chi connectivity index (χ1v) is 5.35. The summed E-state index contributed by atoms with van der Waals surface area (Å²) in [5.74, 6) is -0.843. The van der Waals surface area contributed by atoms with Crippen LogP contribution < -0.4 is 0 Å². The molecule has 0 aromatic carbocycles. The molecule has 0 radical (unpaired) electrons. The second kappa shape index (κ2) is 3.75. The molecule has 0 saturated heterocycles. The number of alkyl halides is 2. The van der Waals surface area contributed by atoms with Gasteiger partial charge in [-0.1, -0.05) is 50.1 Å². The number of hydrogen-bond donors (Lipinski definition) is 1. The lowest BCUT2D eigenvalue weighted by molar-refractivity contribution is -0.132. The van der Waals surface area contributed by atoms with Crippen molar-refractivity contribution in [3.8, 4) is 0 Å². The quantitative estimate of drug-likeness (QED) is 0.795. The van der Waals surface area contributed by atoms with Crippen molar-refractivity contribution in [1.29, 1.82) is 0 Å². The van der Waals surface area contributed by atoms with E-state index in [4.69, 9.17) is 5.11 Å². The summed E-state index contributed by atoms with van der Waals surface area (Å²) < 4.78 is -0.227. The maximum atomic E-state index is 10.6. The fourth-order valence-electron chi connectivity index (χ4n) is 1.01. The minimum absolute atomic E-state index is 0.227. The lowest BCUT2D eigenvalue weighted by atomic mass is 9.96. The molecular weight excluding hydrogens is 288 g/mol. The van der Waals surface area contributed by atoms with E-state index in [9.17, 15) is 4.79 Å². The van der Waals surface area contributed by atoms with Crippen molar-refractivity contribution in [2.45, 2.75) is 10.7 Å². The average Bonchev–Trinajstić information content (AvgIpc) is 2.05. The van der Waals surface area contributed by atoms with Crippen LogP contribution in [0.4, 0.5) is 0 Å². The molecule has 1 atom stereocenters. The Morgan fingerprint density at radius 3 is 2.92 bits per heavy atom. The maximum absolute atomic E-state index is 10.6. The first kappa shape index (κ1) is 9.99. The first-order valence-electron chi connectivity index (χ1n) is 3.44. The number of carboxylic acids is 1. The largest absolute Gasteiger partial charge is 0.478 e. The molecule has 0 heterocycles. The van der Waals surface area contributed by atoms with E-state index in [-0.39, 0.29) is 4.32 Å². The summed E-state index contributed by atoms with van der Waals surface area (Å²) in [6.07, 6.45) is 5.87. The van der Waals surface area contributed by atoms with Crippen molar-refractivity contribution in [2.75, 3.05) is 5.33 Å². The zero-order valence-electron chi connectivity index (χ0n) is 6.26. The van der Waals surface area contributed by atoms with Crippen LogP contribution in [0.25, 0.3) is 0 Å². The van der Waals surface area contributed by atoms with Gasteiger partial charge in [0, 0.05) is 10.9 Å². The van der Waals surface area contributed by atoms with Crippen LogP contribution in [-0.4, -0.2) is 20.7 Å². The molecule has 4 heteroatoms. The number of carbonyl (C=O) groups is 1. The first-order chi connectivity index (χ1) is 5.57. The number of rotatable bonds is 2. The molecule has 2 nitrogen and oxygen atoms in total. The van der Waals surface area contributed by atoms with E-state index in [2.05, 4.69) is 31.9 Å². The van der Waals surface area contributed by atoms with Gasteiger partial charge in [-0.15, -0.1) is 0 Å². The third kappa shape index (κ3) is 2.20. The number of allylic oxidation sites excluding steroid dienone is 3. The number of aliphatic carboxylic acids is 1. The molecule has 12 heavy (non-hydrogen) atoms. The zero-order chi connectivity index (χ0) is 9.19. The molecule has 0 amide bonds. The highest BCUT2D eigenvalue weighted by Gasteiger charge is 2.27. The average molecular weight is 296 g/mol. The van der Waals surface area contributed by atoms with Gasteiger partial charge in [0.1, 0.15) is 0 Å².